The second kappa shape index (κ2) is 5.79. The molecule has 2 bridgehead atoms. The minimum absolute atomic E-state index is 0.294. The molecule has 3 rings (SSSR count). The first-order chi connectivity index (χ1) is 10.1. The van der Waals surface area contributed by atoms with Crippen LogP contribution in [0.5, 0.6) is 0 Å². The number of amides is 1. The fraction of sp³-hybridized carbons (Fsp3) is 0.667. The van der Waals surface area contributed by atoms with Crippen molar-refractivity contribution in [3.63, 3.8) is 0 Å². The number of nitrogens with two attached hydrogens (primary N) is 1. The van der Waals surface area contributed by atoms with E-state index in [4.69, 9.17) is 10.3 Å². The van der Waals surface area contributed by atoms with Crippen LogP contribution in [0.4, 0.5) is 0 Å². The second-order valence-electron chi connectivity index (χ2n) is 6.23. The van der Waals surface area contributed by atoms with Crippen LogP contribution in [-0.4, -0.2) is 47.9 Å². The fourth-order valence-electron chi connectivity index (χ4n) is 3.67. The van der Waals surface area contributed by atoms with E-state index in [-0.39, 0.29) is 5.91 Å². The van der Waals surface area contributed by atoms with Gasteiger partial charge in [0, 0.05) is 25.2 Å². The number of nitrogen functional groups attached to an aromatic ring is 1. The standard InChI is InChI=1S/C15H24N4O2/c1-10-14(15(20)17-16)7-13(21-10)9-19-6-5-11-3-4-12(8-19)18(11)2/h7,11-12H,3-6,8-9,16H2,1-2H3,(H,17,20). The molecule has 1 aromatic heterocycles. The van der Waals surface area contributed by atoms with Gasteiger partial charge in [0.25, 0.3) is 5.91 Å². The Morgan fingerprint density at radius 3 is 2.95 bits per heavy atom. The highest BCUT2D eigenvalue weighted by atomic mass is 16.3. The van der Waals surface area contributed by atoms with Gasteiger partial charge in [-0.3, -0.25) is 20.0 Å². The van der Waals surface area contributed by atoms with Crippen LogP contribution in [0.2, 0.25) is 0 Å². The summed E-state index contributed by atoms with van der Waals surface area (Å²) in [7, 11) is 2.24. The monoisotopic (exact) mass is 292 g/mol. The molecule has 0 aliphatic carbocycles. The zero-order valence-electron chi connectivity index (χ0n) is 12.8. The van der Waals surface area contributed by atoms with Gasteiger partial charge in [0.2, 0.25) is 0 Å². The molecule has 2 fully saturated rings. The fourth-order valence-corrected chi connectivity index (χ4v) is 3.67. The van der Waals surface area contributed by atoms with Gasteiger partial charge in [-0.1, -0.05) is 0 Å². The molecular formula is C15H24N4O2. The molecule has 3 N–H and O–H groups in total. The van der Waals surface area contributed by atoms with Crippen LogP contribution >= 0.6 is 0 Å². The molecule has 3 heterocycles. The number of carbonyl (C=O) groups excluding carboxylic acids is 1. The number of aryl methyl sites for hydroxylation is 1. The highest BCUT2D eigenvalue weighted by molar-refractivity contribution is 5.94. The quantitative estimate of drug-likeness (QED) is 0.491. The summed E-state index contributed by atoms with van der Waals surface area (Å²) in [6, 6.07) is 3.20. The average Bonchev–Trinajstić information content (AvgIpc) is 2.93. The van der Waals surface area contributed by atoms with Crippen molar-refractivity contribution in [3.8, 4) is 0 Å². The van der Waals surface area contributed by atoms with Gasteiger partial charge in [-0.25, -0.2) is 5.84 Å². The molecule has 0 aromatic carbocycles. The van der Waals surface area contributed by atoms with Gasteiger partial charge in [0.05, 0.1) is 12.1 Å². The molecule has 0 radical (unpaired) electrons. The van der Waals surface area contributed by atoms with Gasteiger partial charge in [-0.2, -0.15) is 0 Å². The summed E-state index contributed by atoms with van der Waals surface area (Å²) in [5.74, 6) is 6.36. The zero-order chi connectivity index (χ0) is 15.0. The largest absolute Gasteiger partial charge is 0.464 e. The molecule has 6 heteroatoms. The Balaban J connectivity index is 1.68. The van der Waals surface area contributed by atoms with Gasteiger partial charge >= 0.3 is 0 Å². The SMILES string of the molecule is Cc1oc(CN2CCC3CCC(C2)N3C)cc1C(=O)NN. The second-order valence-corrected chi connectivity index (χ2v) is 6.23. The van der Waals surface area contributed by atoms with Gasteiger partial charge in [-0.15, -0.1) is 0 Å². The Labute approximate surface area is 125 Å². The first kappa shape index (κ1) is 14.6. The molecule has 2 aliphatic rings. The molecule has 21 heavy (non-hydrogen) atoms. The smallest absolute Gasteiger partial charge is 0.268 e. The number of hydrogen-bond donors (Lipinski definition) is 2. The van der Waals surface area contributed by atoms with Crippen molar-refractivity contribution in [2.45, 2.75) is 44.8 Å². The predicted molar refractivity (Wildman–Crippen MR) is 79.6 cm³/mol. The number of hydrazine groups is 1. The van der Waals surface area contributed by atoms with E-state index in [1.807, 2.05) is 6.07 Å². The van der Waals surface area contributed by atoms with Crippen LogP contribution in [0.15, 0.2) is 10.5 Å². The number of furan rings is 1. The van der Waals surface area contributed by atoms with Crippen molar-refractivity contribution in [1.29, 1.82) is 0 Å². The summed E-state index contributed by atoms with van der Waals surface area (Å²) >= 11 is 0. The third-order valence-corrected chi connectivity index (χ3v) is 4.96. The van der Waals surface area contributed by atoms with E-state index in [0.29, 0.717) is 17.4 Å². The van der Waals surface area contributed by atoms with Gasteiger partial charge in [0.15, 0.2) is 0 Å². The lowest BCUT2D eigenvalue weighted by Gasteiger charge is -2.24. The maximum absolute atomic E-state index is 11.6. The topological polar surface area (TPSA) is 74.7 Å². The lowest BCUT2D eigenvalue weighted by molar-refractivity contribution is 0.0952. The van der Waals surface area contributed by atoms with Crippen LogP contribution < -0.4 is 11.3 Å². The summed E-state index contributed by atoms with van der Waals surface area (Å²) in [4.78, 5) is 16.6. The van der Waals surface area contributed by atoms with E-state index in [1.54, 1.807) is 6.92 Å². The predicted octanol–water partition coefficient (Wildman–Crippen LogP) is 0.860. The van der Waals surface area contributed by atoms with Crippen molar-refractivity contribution in [1.82, 2.24) is 15.2 Å². The van der Waals surface area contributed by atoms with E-state index < -0.39 is 0 Å². The Kier molecular flexibility index (Phi) is 4.01. The molecule has 0 spiro atoms. The number of hydrogen-bond acceptors (Lipinski definition) is 5. The number of carbonyl (C=O) groups is 1. The average molecular weight is 292 g/mol. The lowest BCUT2D eigenvalue weighted by Crippen LogP contribution is -2.36. The Hall–Kier alpha value is -1.37. The van der Waals surface area contributed by atoms with Gasteiger partial charge in [0.1, 0.15) is 11.5 Å². The summed E-state index contributed by atoms with van der Waals surface area (Å²) in [6.07, 6.45) is 3.83. The van der Waals surface area contributed by atoms with Crippen molar-refractivity contribution >= 4 is 5.91 Å². The molecular weight excluding hydrogens is 268 g/mol. The van der Waals surface area contributed by atoms with Crippen LogP contribution in [0.1, 0.15) is 41.1 Å². The van der Waals surface area contributed by atoms with E-state index >= 15 is 0 Å². The van der Waals surface area contributed by atoms with Gasteiger partial charge in [-0.05, 0) is 39.3 Å². The summed E-state index contributed by atoms with van der Waals surface area (Å²) < 4.78 is 5.72. The molecule has 0 saturated carbocycles. The van der Waals surface area contributed by atoms with Crippen LogP contribution in [0, 0.1) is 6.92 Å². The van der Waals surface area contributed by atoms with Crippen molar-refractivity contribution in [2.24, 2.45) is 5.84 Å². The molecule has 2 atom stereocenters. The van der Waals surface area contributed by atoms with E-state index in [9.17, 15) is 4.79 Å². The number of nitrogens with zero attached hydrogens (tertiary/aromatic N) is 2. The first-order valence-electron chi connectivity index (χ1n) is 7.63. The van der Waals surface area contributed by atoms with Crippen LogP contribution in [-0.2, 0) is 6.54 Å². The van der Waals surface area contributed by atoms with Gasteiger partial charge < -0.3 is 4.42 Å². The van der Waals surface area contributed by atoms with Crippen molar-refractivity contribution < 1.29 is 9.21 Å². The number of nitrogens with one attached hydrogen (secondary N) is 1. The van der Waals surface area contributed by atoms with E-state index in [0.717, 1.165) is 31.4 Å². The highest BCUT2D eigenvalue weighted by Crippen LogP contribution is 2.29. The van der Waals surface area contributed by atoms with Crippen molar-refractivity contribution in [3.05, 3.63) is 23.2 Å². The third-order valence-electron chi connectivity index (χ3n) is 4.96. The van der Waals surface area contributed by atoms with Crippen LogP contribution in [0.25, 0.3) is 0 Å². The molecule has 2 saturated heterocycles. The maximum Gasteiger partial charge on any atom is 0.268 e. The minimum Gasteiger partial charge on any atom is -0.464 e. The molecule has 116 valence electrons. The molecule has 2 unspecified atom stereocenters. The number of rotatable bonds is 3. The maximum atomic E-state index is 11.6. The van der Waals surface area contributed by atoms with Crippen LogP contribution in [0.3, 0.4) is 0 Å². The van der Waals surface area contributed by atoms with E-state index in [2.05, 4.69) is 22.3 Å². The number of fused-ring (bicyclic) bond motifs is 2. The third kappa shape index (κ3) is 2.84. The summed E-state index contributed by atoms with van der Waals surface area (Å²) in [6.45, 7) is 4.72. The number of likely N-dealkylation sites (tertiary alicyclic amines) is 1. The lowest BCUT2D eigenvalue weighted by atomic mass is 10.1. The van der Waals surface area contributed by atoms with E-state index in [1.165, 1.54) is 19.3 Å². The summed E-state index contributed by atoms with van der Waals surface area (Å²) in [5, 5.41) is 0. The highest BCUT2D eigenvalue weighted by Gasteiger charge is 2.34. The Bertz CT molecular complexity index is 528. The zero-order valence-corrected chi connectivity index (χ0v) is 12.8. The molecule has 1 amide bonds. The first-order valence-corrected chi connectivity index (χ1v) is 7.63. The number of likely N-dealkylation sites (N-methyl/N-ethyl adjacent to an activating group) is 1. The Morgan fingerprint density at radius 1 is 1.43 bits per heavy atom. The normalized spacial score (nSPS) is 26.8. The molecule has 2 aliphatic heterocycles. The Morgan fingerprint density at radius 2 is 2.19 bits per heavy atom. The minimum atomic E-state index is -0.294. The molecule has 6 nitrogen and oxygen atoms in total. The van der Waals surface area contributed by atoms with Crippen molar-refractivity contribution in [2.75, 3.05) is 20.1 Å². The molecule has 1 aromatic rings. The summed E-state index contributed by atoms with van der Waals surface area (Å²) in [5.41, 5.74) is 2.69.